The van der Waals surface area contributed by atoms with E-state index in [2.05, 4.69) is 26.6 Å². The molecule has 0 amide bonds. The molecule has 2 aliphatic rings. The van der Waals surface area contributed by atoms with Crippen LogP contribution in [0.2, 0.25) is 0 Å². The highest BCUT2D eigenvalue weighted by Crippen LogP contribution is 2.48. The number of hydrogen-bond donors (Lipinski definition) is 2. The summed E-state index contributed by atoms with van der Waals surface area (Å²) in [4.78, 5) is 14.0. The van der Waals surface area contributed by atoms with Crippen LogP contribution in [-0.2, 0) is 4.79 Å². The first-order chi connectivity index (χ1) is 19.0. The van der Waals surface area contributed by atoms with Crippen LogP contribution in [0.5, 0.6) is 23.0 Å². The number of methoxy groups -OCH3 is 2. The first-order valence-corrected chi connectivity index (χ1v) is 14.0. The molecule has 8 heteroatoms. The molecule has 0 saturated carbocycles. The van der Waals surface area contributed by atoms with Crippen molar-refractivity contribution in [3.05, 3.63) is 81.5 Å². The van der Waals surface area contributed by atoms with Crippen molar-refractivity contribution in [2.24, 2.45) is 0 Å². The van der Waals surface area contributed by atoms with Crippen molar-refractivity contribution in [3.8, 4) is 23.0 Å². The summed E-state index contributed by atoms with van der Waals surface area (Å²) in [7, 11) is 3.30. The first-order valence-electron chi connectivity index (χ1n) is 13.2. The van der Waals surface area contributed by atoms with E-state index >= 15 is 0 Å². The number of halogens is 1. The highest BCUT2D eigenvalue weighted by Gasteiger charge is 2.37. The minimum atomic E-state index is -0.386. The minimum Gasteiger partial charge on any atom is -0.497 e. The van der Waals surface area contributed by atoms with Crippen LogP contribution in [0.1, 0.15) is 49.8 Å². The van der Waals surface area contributed by atoms with E-state index in [0.29, 0.717) is 37.6 Å². The van der Waals surface area contributed by atoms with Gasteiger partial charge in [-0.05, 0) is 84.2 Å². The molecule has 3 aromatic rings. The zero-order valence-corrected chi connectivity index (χ0v) is 24.2. The van der Waals surface area contributed by atoms with Crippen LogP contribution in [0, 0.1) is 0 Å². The Morgan fingerprint density at radius 1 is 0.897 bits per heavy atom. The van der Waals surface area contributed by atoms with Gasteiger partial charge in [0.2, 0.25) is 0 Å². The Morgan fingerprint density at radius 2 is 1.67 bits per heavy atom. The Bertz CT molecular complexity index is 1420. The summed E-state index contributed by atoms with van der Waals surface area (Å²) >= 11 is 3.68. The predicted octanol–water partition coefficient (Wildman–Crippen LogP) is 7.24. The fourth-order valence-corrected chi connectivity index (χ4v) is 6.00. The van der Waals surface area contributed by atoms with Crippen LogP contribution in [-0.4, -0.2) is 33.2 Å². The smallest absolute Gasteiger partial charge is 0.175 e. The van der Waals surface area contributed by atoms with E-state index in [1.807, 2.05) is 68.4 Å². The molecule has 0 radical (unpaired) electrons. The second kappa shape index (κ2) is 11.6. The van der Waals surface area contributed by atoms with Crippen LogP contribution in [0.3, 0.4) is 0 Å². The number of anilines is 2. The van der Waals surface area contributed by atoms with E-state index in [4.69, 9.17) is 18.9 Å². The van der Waals surface area contributed by atoms with E-state index in [-0.39, 0.29) is 17.7 Å². The maximum Gasteiger partial charge on any atom is 0.175 e. The van der Waals surface area contributed by atoms with Crippen molar-refractivity contribution >= 4 is 33.1 Å². The molecule has 1 heterocycles. The lowest BCUT2D eigenvalue weighted by Gasteiger charge is -2.31. The van der Waals surface area contributed by atoms with Gasteiger partial charge >= 0.3 is 0 Å². The Kier molecular flexibility index (Phi) is 8.02. The summed E-state index contributed by atoms with van der Waals surface area (Å²) < 4.78 is 23.8. The number of carbonyl (C=O) groups is 1. The van der Waals surface area contributed by atoms with Crippen molar-refractivity contribution in [2.75, 3.05) is 38.1 Å². The number of allylic oxidation sites excluding steroid dienone is 1. The maximum atomic E-state index is 14.0. The number of para-hydroxylation sites is 2. The van der Waals surface area contributed by atoms with Crippen LogP contribution >= 0.6 is 15.9 Å². The lowest BCUT2D eigenvalue weighted by Crippen LogP contribution is -2.27. The molecule has 39 heavy (non-hydrogen) atoms. The molecule has 0 fully saturated rings. The number of ketones is 1. The average molecular weight is 594 g/mol. The number of ether oxygens (including phenoxy) is 4. The minimum absolute atomic E-state index is 0.0641. The normalized spacial score (nSPS) is 18.2. The van der Waals surface area contributed by atoms with Gasteiger partial charge < -0.3 is 29.6 Å². The Labute approximate surface area is 237 Å². The lowest BCUT2D eigenvalue weighted by atomic mass is 9.78. The number of nitrogens with one attached hydrogen (secondary N) is 2. The molecule has 0 saturated heterocycles. The maximum absolute atomic E-state index is 14.0. The SMILES string of the molecule is CCOc1cc(C2Nc3ccccc3NC3=C2C(=O)CC(c2cc(OC)ccc2OC)C3)cc(Br)c1OCC. The largest absolute Gasteiger partial charge is 0.497 e. The van der Waals surface area contributed by atoms with Gasteiger partial charge in [-0.25, -0.2) is 0 Å². The molecule has 3 aromatic carbocycles. The van der Waals surface area contributed by atoms with E-state index in [1.165, 1.54) is 0 Å². The summed E-state index contributed by atoms with van der Waals surface area (Å²) in [5.74, 6) is 2.79. The van der Waals surface area contributed by atoms with Crippen molar-refractivity contribution < 1.29 is 23.7 Å². The highest BCUT2D eigenvalue weighted by molar-refractivity contribution is 9.10. The highest BCUT2D eigenvalue weighted by atomic mass is 79.9. The van der Waals surface area contributed by atoms with Gasteiger partial charge in [-0.3, -0.25) is 4.79 Å². The fraction of sp³-hybridized carbons (Fsp3) is 0.323. The zero-order chi connectivity index (χ0) is 27.5. The molecule has 1 aliphatic heterocycles. The van der Waals surface area contributed by atoms with Gasteiger partial charge in [-0.2, -0.15) is 0 Å². The molecule has 0 bridgehead atoms. The first kappa shape index (κ1) is 26.9. The van der Waals surface area contributed by atoms with Gasteiger partial charge in [0.1, 0.15) is 11.5 Å². The van der Waals surface area contributed by atoms with Crippen molar-refractivity contribution in [1.29, 1.82) is 0 Å². The van der Waals surface area contributed by atoms with Gasteiger partial charge in [0.15, 0.2) is 17.3 Å². The standard InChI is InChI=1S/C31H33BrN2O5/c1-5-38-28-16-19(13-22(32)31(28)39-6-2)30-29-25(33-23-9-7-8-10-24(23)34-30)14-18(15-26(29)35)21-17-20(36-3)11-12-27(21)37-4/h7-13,16-18,30,33-34H,5-6,14-15H2,1-4H3. The van der Waals surface area contributed by atoms with Crippen LogP contribution in [0.15, 0.2) is 70.3 Å². The molecular weight excluding hydrogens is 560 g/mol. The third-order valence-electron chi connectivity index (χ3n) is 7.14. The van der Waals surface area contributed by atoms with Crippen molar-refractivity contribution in [3.63, 3.8) is 0 Å². The predicted molar refractivity (Wildman–Crippen MR) is 156 cm³/mol. The van der Waals surface area contributed by atoms with Gasteiger partial charge in [-0.15, -0.1) is 0 Å². The molecule has 0 spiro atoms. The fourth-order valence-electron chi connectivity index (χ4n) is 5.42. The Balaban J connectivity index is 1.63. The molecular formula is C31H33BrN2O5. The summed E-state index contributed by atoms with van der Waals surface area (Å²) in [6.45, 7) is 4.89. The number of Topliss-reactive ketones (excluding diaryl/α,β-unsaturated/α-hetero) is 1. The number of carbonyl (C=O) groups excluding carboxylic acids is 1. The molecule has 2 N–H and O–H groups in total. The van der Waals surface area contributed by atoms with Gasteiger partial charge in [-0.1, -0.05) is 12.1 Å². The molecule has 5 rings (SSSR count). The van der Waals surface area contributed by atoms with E-state index in [1.54, 1.807) is 14.2 Å². The Morgan fingerprint density at radius 3 is 2.38 bits per heavy atom. The molecule has 0 aromatic heterocycles. The van der Waals surface area contributed by atoms with Gasteiger partial charge in [0, 0.05) is 29.2 Å². The summed E-state index contributed by atoms with van der Waals surface area (Å²) in [5.41, 5.74) is 5.33. The van der Waals surface area contributed by atoms with Gasteiger partial charge in [0.25, 0.3) is 0 Å². The second-order valence-electron chi connectivity index (χ2n) is 9.47. The van der Waals surface area contributed by atoms with Gasteiger partial charge in [0.05, 0.1) is 49.3 Å². The molecule has 2 atom stereocenters. The third-order valence-corrected chi connectivity index (χ3v) is 7.73. The van der Waals surface area contributed by atoms with E-state index in [9.17, 15) is 4.79 Å². The lowest BCUT2D eigenvalue weighted by molar-refractivity contribution is -0.116. The number of rotatable bonds is 8. The molecule has 2 unspecified atom stereocenters. The summed E-state index contributed by atoms with van der Waals surface area (Å²) in [6, 6.07) is 17.4. The Hall–Kier alpha value is -3.65. The number of benzene rings is 3. The van der Waals surface area contributed by atoms with Crippen LogP contribution < -0.4 is 29.6 Å². The quantitative estimate of drug-likeness (QED) is 0.285. The molecule has 7 nitrogen and oxygen atoms in total. The monoisotopic (exact) mass is 592 g/mol. The number of hydrogen-bond acceptors (Lipinski definition) is 7. The van der Waals surface area contributed by atoms with E-state index in [0.717, 1.165) is 49.7 Å². The molecule has 1 aliphatic carbocycles. The summed E-state index contributed by atoms with van der Waals surface area (Å²) in [6.07, 6.45) is 1.00. The topological polar surface area (TPSA) is 78.1 Å². The zero-order valence-electron chi connectivity index (χ0n) is 22.6. The van der Waals surface area contributed by atoms with Crippen LogP contribution in [0.4, 0.5) is 11.4 Å². The third kappa shape index (κ3) is 5.30. The molecule has 204 valence electrons. The average Bonchev–Trinajstić information content (AvgIpc) is 3.11. The number of fused-ring (bicyclic) bond motifs is 1. The van der Waals surface area contributed by atoms with Crippen LogP contribution in [0.25, 0.3) is 0 Å². The van der Waals surface area contributed by atoms with E-state index < -0.39 is 0 Å². The second-order valence-corrected chi connectivity index (χ2v) is 10.3. The summed E-state index contributed by atoms with van der Waals surface area (Å²) in [5, 5.41) is 7.25. The van der Waals surface area contributed by atoms with Crippen molar-refractivity contribution in [1.82, 2.24) is 0 Å². The van der Waals surface area contributed by atoms with Crippen molar-refractivity contribution in [2.45, 2.75) is 38.6 Å².